The van der Waals surface area contributed by atoms with Crippen molar-refractivity contribution in [2.45, 2.75) is 47.0 Å². The van der Waals surface area contributed by atoms with Gasteiger partial charge in [0.05, 0.1) is 10.7 Å². The van der Waals surface area contributed by atoms with Crippen molar-refractivity contribution in [2.24, 2.45) is 0 Å². The largest absolute Gasteiger partial charge is 0.317 e. The first-order valence-corrected chi connectivity index (χ1v) is 6.74. The first-order chi connectivity index (χ1) is 7.24. The predicted octanol–water partition coefficient (Wildman–Crippen LogP) is 3.58. The van der Waals surface area contributed by atoms with Gasteiger partial charge in [0.15, 0.2) is 0 Å². The highest BCUT2D eigenvalue weighted by atomic mass is 32.1. The number of nitrogens with zero attached hydrogens (tertiary/aromatic N) is 1. The third kappa shape index (κ3) is 5.90. The number of hydrogen-bond acceptors (Lipinski definition) is 3. The summed E-state index contributed by atoms with van der Waals surface area (Å²) in [5.74, 6) is 0.587. The molecule has 1 N–H and O–H groups in total. The second-order valence-corrected chi connectivity index (χ2v) is 4.40. The highest BCUT2D eigenvalue weighted by Crippen LogP contribution is 2.20. The van der Waals surface area contributed by atoms with Crippen LogP contribution in [0.2, 0.25) is 0 Å². The van der Waals surface area contributed by atoms with Gasteiger partial charge in [0.1, 0.15) is 0 Å². The van der Waals surface area contributed by atoms with Crippen LogP contribution in [-0.4, -0.2) is 18.1 Å². The monoisotopic (exact) mass is 228 g/mol. The third-order valence-corrected chi connectivity index (χ3v) is 2.94. The maximum Gasteiger partial charge on any atom is 0.0897 e. The lowest BCUT2D eigenvalue weighted by atomic mass is 10.1. The van der Waals surface area contributed by atoms with Crippen LogP contribution >= 0.6 is 11.3 Å². The zero-order chi connectivity index (χ0) is 11.7. The molecule has 0 fully saturated rings. The molecule has 3 heteroatoms. The number of nitrogens with one attached hydrogen (secondary N) is 1. The summed E-state index contributed by atoms with van der Waals surface area (Å²) in [6.07, 6.45) is 1.18. The van der Waals surface area contributed by atoms with Gasteiger partial charge in [-0.15, -0.1) is 11.3 Å². The molecular weight excluding hydrogens is 204 g/mol. The lowest BCUT2D eigenvalue weighted by Gasteiger charge is -2.08. The number of aromatic nitrogens is 1. The van der Waals surface area contributed by atoms with Gasteiger partial charge < -0.3 is 5.32 Å². The standard InChI is InChI=1S/C10H18N2S.C2H6/c1-4-11-6-5-8(2)10-7-13-9(3)12-10;1-2/h7-8,11H,4-6H2,1-3H3;1-2H3. The van der Waals surface area contributed by atoms with Gasteiger partial charge in [-0.05, 0) is 26.4 Å². The Kier molecular flexibility index (Phi) is 8.62. The quantitative estimate of drug-likeness (QED) is 0.779. The Morgan fingerprint density at radius 1 is 1.47 bits per heavy atom. The molecule has 1 rings (SSSR count). The number of thiazole rings is 1. The van der Waals surface area contributed by atoms with Gasteiger partial charge in [-0.1, -0.05) is 27.7 Å². The second kappa shape index (κ2) is 8.86. The van der Waals surface area contributed by atoms with Crippen LogP contribution < -0.4 is 5.32 Å². The van der Waals surface area contributed by atoms with E-state index in [4.69, 9.17) is 0 Å². The van der Waals surface area contributed by atoms with Crippen LogP contribution in [0.25, 0.3) is 0 Å². The molecule has 2 nitrogen and oxygen atoms in total. The SMILES string of the molecule is CC.CCNCCC(C)c1csc(C)n1. The molecule has 0 radical (unpaired) electrons. The molecule has 0 saturated carbocycles. The van der Waals surface area contributed by atoms with Crippen LogP contribution in [0.1, 0.15) is 50.7 Å². The van der Waals surface area contributed by atoms with Gasteiger partial charge in [0.2, 0.25) is 0 Å². The molecule has 0 aliphatic rings. The summed E-state index contributed by atoms with van der Waals surface area (Å²) in [6.45, 7) is 12.6. The topological polar surface area (TPSA) is 24.9 Å². The molecule has 0 spiro atoms. The molecule has 0 amide bonds. The highest BCUT2D eigenvalue weighted by molar-refractivity contribution is 7.09. The Hall–Kier alpha value is -0.410. The van der Waals surface area contributed by atoms with Crippen molar-refractivity contribution in [3.8, 4) is 0 Å². The smallest absolute Gasteiger partial charge is 0.0897 e. The summed E-state index contributed by atoms with van der Waals surface area (Å²) in [5, 5.41) is 6.68. The average Bonchev–Trinajstić information content (AvgIpc) is 2.68. The fourth-order valence-electron chi connectivity index (χ4n) is 1.25. The van der Waals surface area contributed by atoms with Crippen molar-refractivity contribution in [3.05, 3.63) is 16.1 Å². The molecular formula is C12H24N2S. The lowest BCUT2D eigenvalue weighted by molar-refractivity contribution is 0.600. The van der Waals surface area contributed by atoms with Gasteiger partial charge >= 0.3 is 0 Å². The summed E-state index contributed by atoms with van der Waals surface area (Å²) in [5.41, 5.74) is 1.25. The third-order valence-electron chi connectivity index (χ3n) is 2.15. The summed E-state index contributed by atoms with van der Waals surface area (Å²) in [4.78, 5) is 4.48. The molecule has 1 aromatic heterocycles. The minimum absolute atomic E-state index is 0.587. The Morgan fingerprint density at radius 2 is 2.13 bits per heavy atom. The first kappa shape index (κ1) is 14.6. The van der Waals surface area contributed by atoms with Crippen LogP contribution in [0, 0.1) is 6.92 Å². The fourth-order valence-corrected chi connectivity index (χ4v) is 1.98. The van der Waals surface area contributed by atoms with E-state index in [1.165, 1.54) is 17.1 Å². The number of hydrogen-bond donors (Lipinski definition) is 1. The van der Waals surface area contributed by atoms with E-state index in [1.54, 1.807) is 11.3 Å². The van der Waals surface area contributed by atoms with Crippen LogP contribution in [0.4, 0.5) is 0 Å². The van der Waals surface area contributed by atoms with Crippen molar-refractivity contribution in [3.63, 3.8) is 0 Å². The zero-order valence-corrected chi connectivity index (χ0v) is 11.4. The minimum atomic E-state index is 0.587. The van der Waals surface area contributed by atoms with Crippen molar-refractivity contribution < 1.29 is 0 Å². The number of rotatable bonds is 5. The van der Waals surface area contributed by atoms with Crippen LogP contribution in [-0.2, 0) is 0 Å². The molecule has 0 aliphatic heterocycles. The van der Waals surface area contributed by atoms with E-state index in [2.05, 4.69) is 36.5 Å². The van der Waals surface area contributed by atoms with E-state index >= 15 is 0 Å². The summed E-state index contributed by atoms with van der Waals surface area (Å²) < 4.78 is 0. The van der Waals surface area contributed by atoms with Crippen molar-refractivity contribution in [2.75, 3.05) is 13.1 Å². The van der Waals surface area contributed by atoms with Crippen molar-refractivity contribution in [1.82, 2.24) is 10.3 Å². The fraction of sp³-hybridized carbons (Fsp3) is 0.750. The molecule has 15 heavy (non-hydrogen) atoms. The normalized spacial score (nSPS) is 11.8. The first-order valence-electron chi connectivity index (χ1n) is 5.86. The Morgan fingerprint density at radius 3 is 2.60 bits per heavy atom. The molecule has 88 valence electrons. The van der Waals surface area contributed by atoms with Crippen molar-refractivity contribution in [1.29, 1.82) is 0 Å². The maximum atomic E-state index is 4.48. The van der Waals surface area contributed by atoms with Gasteiger partial charge in [-0.25, -0.2) is 4.98 Å². The van der Waals surface area contributed by atoms with E-state index in [9.17, 15) is 0 Å². The van der Waals surface area contributed by atoms with Crippen LogP contribution in [0.15, 0.2) is 5.38 Å². The minimum Gasteiger partial charge on any atom is -0.317 e. The van der Waals surface area contributed by atoms with E-state index in [0.717, 1.165) is 13.1 Å². The van der Waals surface area contributed by atoms with Gasteiger partial charge in [0, 0.05) is 11.3 Å². The van der Waals surface area contributed by atoms with Crippen LogP contribution in [0.5, 0.6) is 0 Å². The van der Waals surface area contributed by atoms with Gasteiger partial charge in [0.25, 0.3) is 0 Å². The molecule has 0 aliphatic carbocycles. The summed E-state index contributed by atoms with van der Waals surface area (Å²) >= 11 is 1.74. The second-order valence-electron chi connectivity index (χ2n) is 3.33. The zero-order valence-electron chi connectivity index (χ0n) is 10.6. The maximum absolute atomic E-state index is 4.48. The van der Waals surface area contributed by atoms with Gasteiger partial charge in [-0.2, -0.15) is 0 Å². The molecule has 1 atom stereocenters. The Balaban J connectivity index is 0.000000921. The van der Waals surface area contributed by atoms with E-state index < -0.39 is 0 Å². The molecule has 1 unspecified atom stereocenters. The number of aryl methyl sites for hydroxylation is 1. The molecule has 1 aromatic rings. The molecule has 0 saturated heterocycles. The predicted molar refractivity (Wildman–Crippen MR) is 69.8 cm³/mol. The van der Waals surface area contributed by atoms with E-state index in [-0.39, 0.29) is 0 Å². The van der Waals surface area contributed by atoms with Crippen LogP contribution in [0.3, 0.4) is 0 Å². The average molecular weight is 228 g/mol. The Labute approximate surface area is 98.1 Å². The van der Waals surface area contributed by atoms with E-state index in [1.807, 2.05) is 13.8 Å². The Bertz CT molecular complexity index is 246. The van der Waals surface area contributed by atoms with Gasteiger partial charge in [-0.3, -0.25) is 0 Å². The van der Waals surface area contributed by atoms with Crippen molar-refractivity contribution >= 4 is 11.3 Å². The molecule has 1 heterocycles. The highest BCUT2D eigenvalue weighted by Gasteiger charge is 2.07. The molecule has 0 bridgehead atoms. The van der Waals surface area contributed by atoms with E-state index in [0.29, 0.717) is 5.92 Å². The molecule has 0 aromatic carbocycles. The summed E-state index contributed by atoms with van der Waals surface area (Å²) in [7, 11) is 0. The summed E-state index contributed by atoms with van der Waals surface area (Å²) in [6, 6.07) is 0. The lowest BCUT2D eigenvalue weighted by Crippen LogP contribution is -2.16.